The van der Waals surface area contributed by atoms with E-state index in [1.165, 1.54) is 18.2 Å². The Hall–Kier alpha value is -2.40. The van der Waals surface area contributed by atoms with E-state index < -0.39 is 11.7 Å². The van der Waals surface area contributed by atoms with Crippen molar-refractivity contribution in [2.75, 3.05) is 0 Å². The van der Waals surface area contributed by atoms with E-state index in [2.05, 4.69) is 10.9 Å². The molecule has 2 N–H and O–H groups in total. The predicted molar refractivity (Wildman–Crippen MR) is 77.2 cm³/mol. The summed E-state index contributed by atoms with van der Waals surface area (Å²) in [7, 11) is 0. The standard InChI is InChI=1S/C15H12ClFN2O2/c16-12-6-4-10(5-7-12)8-14(20)18-19-15(21)11-2-1-3-13(17)9-11/h1-7,9H,8H2,(H,18,20)(H,19,21). The Morgan fingerprint density at radius 3 is 2.43 bits per heavy atom. The topological polar surface area (TPSA) is 58.2 Å². The Bertz CT molecular complexity index is 659. The van der Waals surface area contributed by atoms with E-state index in [1.807, 2.05) is 0 Å². The van der Waals surface area contributed by atoms with Crippen LogP contribution in [0.3, 0.4) is 0 Å². The summed E-state index contributed by atoms with van der Waals surface area (Å²) in [6.07, 6.45) is 0.0978. The molecule has 0 aromatic heterocycles. The lowest BCUT2D eigenvalue weighted by atomic mass is 10.1. The molecule has 2 aromatic carbocycles. The van der Waals surface area contributed by atoms with E-state index >= 15 is 0 Å². The normalized spacial score (nSPS) is 10.0. The van der Waals surface area contributed by atoms with Crippen LogP contribution >= 0.6 is 11.6 Å². The van der Waals surface area contributed by atoms with Crippen molar-refractivity contribution in [1.82, 2.24) is 10.9 Å². The van der Waals surface area contributed by atoms with Crippen LogP contribution in [0.4, 0.5) is 4.39 Å². The van der Waals surface area contributed by atoms with Crippen LogP contribution in [0.15, 0.2) is 48.5 Å². The molecule has 0 spiro atoms. The van der Waals surface area contributed by atoms with Crippen LogP contribution in [0.5, 0.6) is 0 Å². The average Bonchev–Trinajstić information content (AvgIpc) is 2.47. The van der Waals surface area contributed by atoms with Crippen molar-refractivity contribution in [3.05, 3.63) is 70.5 Å². The molecule has 0 fully saturated rings. The van der Waals surface area contributed by atoms with Crippen molar-refractivity contribution in [1.29, 1.82) is 0 Å². The van der Waals surface area contributed by atoms with Gasteiger partial charge in [0.2, 0.25) is 5.91 Å². The van der Waals surface area contributed by atoms with Crippen LogP contribution in [0.25, 0.3) is 0 Å². The predicted octanol–water partition coefficient (Wildman–Crippen LogP) is 2.48. The molecule has 0 radical (unpaired) electrons. The summed E-state index contributed by atoms with van der Waals surface area (Å²) in [6, 6.07) is 12.0. The van der Waals surface area contributed by atoms with Crippen LogP contribution in [-0.4, -0.2) is 11.8 Å². The van der Waals surface area contributed by atoms with Gasteiger partial charge in [0.25, 0.3) is 5.91 Å². The van der Waals surface area contributed by atoms with Gasteiger partial charge in [0.05, 0.1) is 6.42 Å². The minimum absolute atomic E-state index is 0.0978. The summed E-state index contributed by atoms with van der Waals surface area (Å²) in [4.78, 5) is 23.4. The van der Waals surface area contributed by atoms with Gasteiger partial charge in [-0.2, -0.15) is 0 Å². The zero-order valence-corrected chi connectivity index (χ0v) is 11.7. The second-order valence-corrected chi connectivity index (χ2v) is 4.75. The quantitative estimate of drug-likeness (QED) is 0.856. The number of carbonyl (C=O) groups excluding carboxylic acids is 2. The van der Waals surface area contributed by atoms with Gasteiger partial charge in [-0.15, -0.1) is 0 Å². The fraction of sp³-hybridized carbons (Fsp3) is 0.0667. The molecule has 21 heavy (non-hydrogen) atoms. The summed E-state index contributed by atoms with van der Waals surface area (Å²) in [6.45, 7) is 0. The van der Waals surface area contributed by atoms with E-state index in [1.54, 1.807) is 24.3 Å². The number of hydrogen-bond acceptors (Lipinski definition) is 2. The highest BCUT2D eigenvalue weighted by Gasteiger charge is 2.08. The third-order valence-electron chi connectivity index (χ3n) is 2.68. The second-order valence-electron chi connectivity index (χ2n) is 4.32. The molecule has 0 saturated heterocycles. The SMILES string of the molecule is O=C(Cc1ccc(Cl)cc1)NNC(=O)c1cccc(F)c1. The van der Waals surface area contributed by atoms with Crippen LogP contribution in [0, 0.1) is 5.82 Å². The fourth-order valence-corrected chi connectivity index (χ4v) is 1.79. The van der Waals surface area contributed by atoms with Gasteiger partial charge in [0, 0.05) is 10.6 Å². The van der Waals surface area contributed by atoms with Crippen molar-refractivity contribution in [3.63, 3.8) is 0 Å². The molecule has 0 bridgehead atoms. The minimum atomic E-state index is -0.584. The van der Waals surface area contributed by atoms with Gasteiger partial charge in [-0.25, -0.2) is 4.39 Å². The van der Waals surface area contributed by atoms with E-state index in [0.29, 0.717) is 5.02 Å². The van der Waals surface area contributed by atoms with E-state index in [4.69, 9.17) is 11.6 Å². The first-order valence-corrected chi connectivity index (χ1v) is 6.51. The van der Waals surface area contributed by atoms with E-state index in [9.17, 15) is 14.0 Å². The number of hydrazine groups is 1. The van der Waals surface area contributed by atoms with Gasteiger partial charge in [-0.1, -0.05) is 29.8 Å². The lowest BCUT2D eigenvalue weighted by molar-refractivity contribution is -0.121. The molecular formula is C15H12ClFN2O2. The number of amides is 2. The molecule has 2 aromatic rings. The maximum atomic E-state index is 13.0. The maximum absolute atomic E-state index is 13.0. The molecule has 0 aliphatic carbocycles. The van der Waals surface area contributed by atoms with Crippen molar-refractivity contribution >= 4 is 23.4 Å². The van der Waals surface area contributed by atoms with Gasteiger partial charge >= 0.3 is 0 Å². The van der Waals surface area contributed by atoms with Gasteiger partial charge in [-0.05, 0) is 35.9 Å². The first-order valence-electron chi connectivity index (χ1n) is 6.14. The number of hydrogen-bond donors (Lipinski definition) is 2. The highest BCUT2D eigenvalue weighted by molar-refractivity contribution is 6.30. The van der Waals surface area contributed by atoms with Crippen molar-refractivity contribution < 1.29 is 14.0 Å². The maximum Gasteiger partial charge on any atom is 0.269 e. The highest BCUT2D eigenvalue weighted by Crippen LogP contribution is 2.09. The summed E-state index contributed by atoms with van der Waals surface area (Å²) in [5, 5.41) is 0.582. The Balaban J connectivity index is 1.86. The molecule has 2 rings (SSSR count). The Morgan fingerprint density at radius 2 is 1.76 bits per heavy atom. The molecule has 0 aliphatic rings. The van der Waals surface area contributed by atoms with Gasteiger partial charge in [-0.3, -0.25) is 20.4 Å². The number of rotatable bonds is 3. The zero-order chi connectivity index (χ0) is 15.2. The number of benzene rings is 2. The Morgan fingerprint density at radius 1 is 1.05 bits per heavy atom. The second kappa shape index (κ2) is 6.85. The molecule has 2 amide bonds. The molecule has 6 heteroatoms. The van der Waals surface area contributed by atoms with Crippen molar-refractivity contribution in [3.8, 4) is 0 Å². The van der Waals surface area contributed by atoms with Crippen molar-refractivity contribution in [2.45, 2.75) is 6.42 Å². The first kappa shape index (κ1) is 15.0. The summed E-state index contributed by atoms with van der Waals surface area (Å²) in [5.41, 5.74) is 5.38. The van der Waals surface area contributed by atoms with Crippen LogP contribution in [0.2, 0.25) is 5.02 Å². The summed E-state index contributed by atoms with van der Waals surface area (Å²) >= 11 is 5.74. The molecule has 0 atom stereocenters. The number of halogens is 2. The summed E-state index contributed by atoms with van der Waals surface area (Å²) in [5.74, 6) is -1.49. The van der Waals surface area contributed by atoms with Crippen LogP contribution in [-0.2, 0) is 11.2 Å². The molecular weight excluding hydrogens is 295 g/mol. The molecule has 0 heterocycles. The molecule has 108 valence electrons. The van der Waals surface area contributed by atoms with Crippen LogP contribution in [0.1, 0.15) is 15.9 Å². The minimum Gasteiger partial charge on any atom is -0.273 e. The van der Waals surface area contributed by atoms with Gasteiger partial charge in [0.1, 0.15) is 5.82 Å². The lowest BCUT2D eigenvalue weighted by Gasteiger charge is -2.07. The number of nitrogens with one attached hydrogen (secondary N) is 2. The first-order chi connectivity index (χ1) is 10.0. The molecule has 0 aliphatic heterocycles. The Kier molecular flexibility index (Phi) is 4.90. The smallest absolute Gasteiger partial charge is 0.269 e. The van der Waals surface area contributed by atoms with Gasteiger partial charge < -0.3 is 0 Å². The van der Waals surface area contributed by atoms with Gasteiger partial charge in [0.15, 0.2) is 0 Å². The molecule has 4 nitrogen and oxygen atoms in total. The third kappa shape index (κ3) is 4.57. The fourth-order valence-electron chi connectivity index (χ4n) is 1.66. The Labute approximate surface area is 125 Å². The summed E-state index contributed by atoms with van der Waals surface area (Å²) < 4.78 is 13.0. The third-order valence-corrected chi connectivity index (χ3v) is 2.93. The zero-order valence-electron chi connectivity index (χ0n) is 10.9. The molecule has 0 unspecified atom stereocenters. The van der Waals surface area contributed by atoms with E-state index in [-0.39, 0.29) is 17.9 Å². The lowest BCUT2D eigenvalue weighted by Crippen LogP contribution is -2.42. The van der Waals surface area contributed by atoms with Crippen molar-refractivity contribution in [2.24, 2.45) is 0 Å². The van der Waals surface area contributed by atoms with Crippen LogP contribution < -0.4 is 10.9 Å². The molecule has 0 saturated carbocycles. The highest BCUT2D eigenvalue weighted by atomic mass is 35.5. The largest absolute Gasteiger partial charge is 0.273 e. The number of carbonyl (C=O) groups is 2. The average molecular weight is 307 g/mol. The van der Waals surface area contributed by atoms with E-state index in [0.717, 1.165) is 11.6 Å². The monoisotopic (exact) mass is 306 g/mol.